The van der Waals surface area contributed by atoms with Crippen LogP contribution in [0, 0.1) is 5.82 Å². The Kier molecular flexibility index (Phi) is 5.48. The van der Waals surface area contributed by atoms with Crippen molar-refractivity contribution in [1.29, 1.82) is 0 Å². The molecule has 9 nitrogen and oxygen atoms in total. The monoisotopic (exact) mass is 472 g/mol. The Labute approximate surface area is 199 Å². The maximum Gasteiger partial charge on any atom is 0.254 e. The van der Waals surface area contributed by atoms with Crippen LogP contribution in [0.5, 0.6) is 0 Å². The van der Waals surface area contributed by atoms with Crippen LogP contribution >= 0.6 is 0 Å². The van der Waals surface area contributed by atoms with Crippen LogP contribution in [0.3, 0.4) is 0 Å². The van der Waals surface area contributed by atoms with Gasteiger partial charge in [0.15, 0.2) is 0 Å². The van der Waals surface area contributed by atoms with Crippen LogP contribution in [0.4, 0.5) is 4.39 Å². The molecule has 1 saturated carbocycles. The number of amides is 3. The number of rotatable bonds is 7. The Morgan fingerprint density at radius 1 is 1.03 bits per heavy atom. The number of nitrogens with zero attached hydrogens (tertiary/aromatic N) is 3. The number of aromatic nitrogens is 3. The third-order valence-electron chi connectivity index (χ3n) is 6.02. The van der Waals surface area contributed by atoms with Gasteiger partial charge < -0.3 is 16.4 Å². The zero-order valence-corrected chi connectivity index (χ0v) is 18.5. The van der Waals surface area contributed by atoms with Crippen LogP contribution in [0.2, 0.25) is 0 Å². The van der Waals surface area contributed by atoms with Gasteiger partial charge in [-0.2, -0.15) is 5.10 Å². The highest BCUT2D eigenvalue weighted by molar-refractivity contribution is 6.06. The lowest BCUT2D eigenvalue weighted by Crippen LogP contribution is -2.36. The molecule has 10 heteroatoms. The fraction of sp³-hybridized carbons (Fsp3) is 0.160. The normalized spacial score (nSPS) is 13.9. The van der Waals surface area contributed by atoms with Gasteiger partial charge in [0, 0.05) is 17.1 Å². The number of hydrogen-bond donors (Lipinski definition) is 3. The fourth-order valence-electron chi connectivity index (χ4n) is 4.03. The van der Waals surface area contributed by atoms with Crippen LogP contribution in [-0.2, 0) is 10.3 Å². The number of carbonyl (C=O) groups excluding carboxylic acids is 3. The minimum atomic E-state index is -0.633. The van der Waals surface area contributed by atoms with Crippen molar-refractivity contribution in [1.82, 2.24) is 25.4 Å². The van der Waals surface area contributed by atoms with Crippen molar-refractivity contribution in [2.24, 2.45) is 5.73 Å². The summed E-state index contributed by atoms with van der Waals surface area (Å²) < 4.78 is 14.9. The van der Waals surface area contributed by atoms with Crippen molar-refractivity contribution in [2.75, 3.05) is 6.54 Å². The molecule has 0 unspecified atom stereocenters. The molecule has 1 aliphatic rings. The number of nitrogens with one attached hydrogen (secondary N) is 2. The van der Waals surface area contributed by atoms with Gasteiger partial charge in [0.2, 0.25) is 5.91 Å². The van der Waals surface area contributed by atoms with Crippen molar-refractivity contribution in [2.45, 2.75) is 18.4 Å². The molecule has 1 fully saturated rings. The SMILES string of the molecule is NC(=O)CNC(=O)c1cccc(C2(NC(=O)c3cncc4c3cnn4-c3ccc(F)cc3)CC2)c1. The van der Waals surface area contributed by atoms with E-state index in [1.807, 2.05) is 6.07 Å². The third-order valence-corrected chi connectivity index (χ3v) is 6.02. The molecule has 176 valence electrons. The molecule has 0 aliphatic heterocycles. The maximum absolute atomic E-state index is 13.3. The molecule has 5 rings (SSSR count). The molecular formula is C25H21FN6O3. The highest BCUT2D eigenvalue weighted by atomic mass is 19.1. The Bertz CT molecular complexity index is 1460. The number of halogens is 1. The molecule has 3 amide bonds. The third kappa shape index (κ3) is 4.33. The lowest BCUT2D eigenvalue weighted by atomic mass is 10.0. The molecule has 0 radical (unpaired) electrons. The van der Waals surface area contributed by atoms with Crippen LogP contribution in [0.1, 0.15) is 39.1 Å². The van der Waals surface area contributed by atoms with Crippen molar-refractivity contribution in [3.63, 3.8) is 0 Å². The molecule has 2 aromatic carbocycles. The van der Waals surface area contributed by atoms with E-state index in [0.717, 1.165) is 5.56 Å². The quantitative estimate of drug-likeness (QED) is 0.379. The summed E-state index contributed by atoms with van der Waals surface area (Å²) in [6.07, 6.45) is 6.09. The fourth-order valence-corrected chi connectivity index (χ4v) is 4.03. The summed E-state index contributed by atoms with van der Waals surface area (Å²) in [5.41, 5.74) is 7.26. The predicted octanol–water partition coefficient (Wildman–Crippen LogP) is 2.19. The van der Waals surface area contributed by atoms with Gasteiger partial charge in [-0.05, 0) is 54.8 Å². The molecule has 35 heavy (non-hydrogen) atoms. The molecule has 0 bridgehead atoms. The second-order valence-electron chi connectivity index (χ2n) is 8.42. The van der Waals surface area contributed by atoms with Gasteiger partial charge in [0.05, 0.1) is 41.2 Å². The first-order valence-corrected chi connectivity index (χ1v) is 10.9. The van der Waals surface area contributed by atoms with Crippen molar-refractivity contribution in [3.8, 4) is 5.69 Å². The predicted molar refractivity (Wildman–Crippen MR) is 125 cm³/mol. The molecule has 0 spiro atoms. The number of benzene rings is 2. The van der Waals surface area contributed by atoms with Gasteiger partial charge in [0.25, 0.3) is 11.8 Å². The number of carbonyl (C=O) groups is 3. The number of nitrogens with two attached hydrogens (primary N) is 1. The lowest BCUT2D eigenvalue weighted by Gasteiger charge is -2.19. The summed E-state index contributed by atoms with van der Waals surface area (Å²) in [7, 11) is 0. The Balaban J connectivity index is 1.40. The Morgan fingerprint density at radius 2 is 1.80 bits per heavy atom. The first-order chi connectivity index (χ1) is 16.9. The van der Waals surface area contributed by atoms with Gasteiger partial charge in [-0.3, -0.25) is 19.4 Å². The molecule has 4 aromatic rings. The first-order valence-electron chi connectivity index (χ1n) is 10.9. The van der Waals surface area contributed by atoms with Crippen LogP contribution < -0.4 is 16.4 Å². The average molecular weight is 472 g/mol. The smallest absolute Gasteiger partial charge is 0.254 e. The van der Waals surface area contributed by atoms with Crippen molar-refractivity contribution < 1.29 is 18.8 Å². The minimum absolute atomic E-state index is 0.256. The van der Waals surface area contributed by atoms with E-state index in [1.165, 1.54) is 18.3 Å². The number of pyridine rings is 1. The zero-order valence-electron chi connectivity index (χ0n) is 18.5. The second-order valence-corrected chi connectivity index (χ2v) is 8.42. The van der Waals surface area contributed by atoms with Gasteiger partial charge in [-0.1, -0.05) is 12.1 Å². The molecule has 0 saturated heterocycles. The lowest BCUT2D eigenvalue weighted by molar-refractivity contribution is -0.117. The summed E-state index contributed by atoms with van der Waals surface area (Å²) >= 11 is 0. The largest absolute Gasteiger partial charge is 0.368 e. The molecule has 2 heterocycles. The number of primary amides is 1. The van der Waals surface area contributed by atoms with Crippen LogP contribution in [0.15, 0.2) is 67.1 Å². The molecule has 0 atom stereocenters. The molecule has 4 N–H and O–H groups in total. The van der Waals surface area contributed by atoms with Gasteiger partial charge in [-0.25, -0.2) is 9.07 Å². The average Bonchev–Trinajstić information content (AvgIpc) is 3.51. The molecule has 2 aromatic heterocycles. The van der Waals surface area contributed by atoms with Crippen LogP contribution in [-0.4, -0.2) is 39.0 Å². The van der Waals surface area contributed by atoms with E-state index in [0.29, 0.717) is 40.6 Å². The summed E-state index contributed by atoms with van der Waals surface area (Å²) in [5.74, 6) is -1.73. The maximum atomic E-state index is 13.3. The van der Waals surface area contributed by atoms with E-state index < -0.39 is 17.4 Å². The topological polar surface area (TPSA) is 132 Å². The highest BCUT2D eigenvalue weighted by Crippen LogP contribution is 2.46. The minimum Gasteiger partial charge on any atom is -0.368 e. The first kappa shape index (κ1) is 22.2. The molecular weight excluding hydrogens is 451 g/mol. The zero-order chi connectivity index (χ0) is 24.6. The van der Waals surface area contributed by atoms with Gasteiger partial charge >= 0.3 is 0 Å². The molecule has 1 aliphatic carbocycles. The van der Waals surface area contributed by atoms with E-state index in [9.17, 15) is 18.8 Å². The van der Waals surface area contributed by atoms with E-state index in [4.69, 9.17) is 5.73 Å². The van der Waals surface area contributed by atoms with E-state index in [-0.39, 0.29) is 18.3 Å². The van der Waals surface area contributed by atoms with E-state index in [1.54, 1.807) is 47.4 Å². The second kappa shape index (κ2) is 8.64. The van der Waals surface area contributed by atoms with Gasteiger partial charge in [0.1, 0.15) is 5.82 Å². The highest BCUT2D eigenvalue weighted by Gasteiger charge is 2.46. The van der Waals surface area contributed by atoms with Crippen molar-refractivity contribution in [3.05, 3.63) is 89.6 Å². The van der Waals surface area contributed by atoms with Crippen molar-refractivity contribution >= 4 is 28.6 Å². The number of hydrogen-bond acceptors (Lipinski definition) is 5. The summed E-state index contributed by atoms with van der Waals surface area (Å²) in [4.78, 5) is 40.8. The summed E-state index contributed by atoms with van der Waals surface area (Å²) in [6.45, 7) is -0.256. The van der Waals surface area contributed by atoms with Gasteiger partial charge in [-0.15, -0.1) is 0 Å². The Morgan fingerprint density at radius 3 is 2.51 bits per heavy atom. The van der Waals surface area contributed by atoms with E-state index >= 15 is 0 Å². The summed E-state index contributed by atoms with van der Waals surface area (Å²) in [6, 6.07) is 12.8. The Hall–Kier alpha value is -4.60. The number of fused-ring (bicyclic) bond motifs is 1. The summed E-state index contributed by atoms with van der Waals surface area (Å²) in [5, 5.41) is 10.5. The standard InChI is InChI=1S/C25H21FN6O3/c26-17-4-6-18(7-5-17)32-21-13-28-11-20(19(21)12-30-32)24(35)31-25(8-9-25)16-3-1-2-15(10-16)23(34)29-14-22(27)33/h1-7,10-13H,8-9,14H2,(H2,27,33)(H,29,34)(H,31,35). The van der Waals surface area contributed by atoms with Crippen LogP contribution in [0.25, 0.3) is 16.6 Å². The van der Waals surface area contributed by atoms with E-state index in [2.05, 4.69) is 20.7 Å².